The lowest BCUT2D eigenvalue weighted by Gasteiger charge is -2.32. The van der Waals surface area contributed by atoms with E-state index >= 15 is 0 Å². The fourth-order valence-electron chi connectivity index (χ4n) is 2.42. The quantitative estimate of drug-likeness (QED) is 0.830. The monoisotopic (exact) mass is 293 g/mol. The van der Waals surface area contributed by atoms with Crippen molar-refractivity contribution in [1.29, 1.82) is 0 Å². The van der Waals surface area contributed by atoms with Crippen LogP contribution < -0.4 is 11.1 Å². The number of nitrogens with two attached hydrogens (primary N) is 1. The maximum absolute atomic E-state index is 13.1. The number of amides is 2. The maximum Gasteiger partial charge on any atom is 0.253 e. The van der Waals surface area contributed by atoms with Gasteiger partial charge in [0.05, 0.1) is 5.69 Å². The summed E-state index contributed by atoms with van der Waals surface area (Å²) in [5, 5.41) is 2.94. The van der Waals surface area contributed by atoms with E-state index in [1.165, 1.54) is 18.2 Å². The molecule has 0 unspecified atom stereocenters. The molecule has 1 aromatic carbocycles. The Bertz CT molecular complexity index is 540. The van der Waals surface area contributed by atoms with Crippen LogP contribution in [0.3, 0.4) is 0 Å². The molecule has 0 aliphatic carbocycles. The van der Waals surface area contributed by atoms with Crippen molar-refractivity contribution in [2.45, 2.75) is 32.2 Å². The van der Waals surface area contributed by atoms with Gasteiger partial charge in [-0.2, -0.15) is 0 Å². The predicted molar refractivity (Wildman–Crippen MR) is 78.2 cm³/mol. The van der Waals surface area contributed by atoms with E-state index in [9.17, 15) is 14.0 Å². The Labute approximate surface area is 123 Å². The Morgan fingerprint density at radius 1 is 1.38 bits per heavy atom. The zero-order chi connectivity index (χ0) is 15.4. The van der Waals surface area contributed by atoms with E-state index in [1.807, 2.05) is 6.92 Å². The molecule has 2 rings (SSSR count). The molecule has 2 amide bonds. The number of carbonyl (C=O) groups is 2. The molecule has 1 aromatic rings. The minimum atomic E-state index is -0.521. The standard InChI is InChI=1S/C15H20FN3O2/c1-2-14(20)18-11-5-7-19(8-6-11)15(21)10-3-4-12(16)13(17)9-10/h3-4,9,11H,2,5-8,17H2,1H3,(H,18,20). The van der Waals surface area contributed by atoms with Gasteiger partial charge in [-0.25, -0.2) is 4.39 Å². The summed E-state index contributed by atoms with van der Waals surface area (Å²) in [7, 11) is 0. The van der Waals surface area contributed by atoms with Gasteiger partial charge < -0.3 is 16.0 Å². The van der Waals surface area contributed by atoms with Crippen LogP contribution >= 0.6 is 0 Å². The number of rotatable bonds is 3. The molecule has 3 N–H and O–H groups in total. The van der Waals surface area contributed by atoms with Crippen molar-refractivity contribution in [3.63, 3.8) is 0 Å². The SMILES string of the molecule is CCC(=O)NC1CCN(C(=O)c2ccc(F)c(N)c2)CC1. The zero-order valence-corrected chi connectivity index (χ0v) is 12.1. The number of benzene rings is 1. The largest absolute Gasteiger partial charge is 0.396 e. The second-order valence-corrected chi connectivity index (χ2v) is 5.22. The van der Waals surface area contributed by atoms with E-state index in [4.69, 9.17) is 5.73 Å². The number of halogens is 1. The second-order valence-electron chi connectivity index (χ2n) is 5.22. The van der Waals surface area contributed by atoms with Crippen LogP contribution in [0.4, 0.5) is 10.1 Å². The van der Waals surface area contributed by atoms with Crippen molar-refractivity contribution < 1.29 is 14.0 Å². The third kappa shape index (κ3) is 3.71. The molecule has 6 heteroatoms. The molecule has 0 spiro atoms. The average molecular weight is 293 g/mol. The maximum atomic E-state index is 13.1. The van der Waals surface area contributed by atoms with Crippen molar-refractivity contribution in [2.24, 2.45) is 0 Å². The molecule has 0 saturated carbocycles. The molecule has 1 aliphatic rings. The average Bonchev–Trinajstić information content (AvgIpc) is 2.50. The third-order valence-electron chi connectivity index (χ3n) is 3.71. The van der Waals surface area contributed by atoms with Gasteiger partial charge in [-0.1, -0.05) is 6.92 Å². The van der Waals surface area contributed by atoms with Crippen molar-refractivity contribution in [1.82, 2.24) is 10.2 Å². The smallest absolute Gasteiger partial charge is 0.253 e. The lowest BCUT2D eigenvalue weighted by atomic mass is 10.0. The van der Waals surface area contributed by atoms with Crippen LogP contribution in [0.25, 0.3) is 0 Å². The first-order valence-electron chi connectivity index (χ1n) is 7.15. The summed E-state index contributed by atoms with van der Waals surface area (Å²) in [4.78, 5) is 25.4. The fourth-order valence-corrected chi connectivity index (χ4v) is 2.42. The molecule has 1 saturated heterocycles. The number of hydrogen-bond donors (Lipinski definition) is 2. The Morgan fingerprint density at radius 3 is 2.62 bits per heavy atom. The van der Waals surface area contributed by atoms with Gasteiger partial charge in [-0.3, -0.25) is 9.59 Å². The van der Waals surface area contributed by atoms with E-state index in [0.717, 1.165) is 12.8 Å². The van der Waals surface area contributed by atoms with E-state index in [0.29, 0.717) is 25.1 Å². The van der Waals surface area contributed by atoms with Gasteiger partial charge in [0, 0.05) is 31.1 Å². The highest BCUT2D eigenvalue weighted by atomic mass is 19.1. The fraction of sp³-hybridized carbons (Fsp3) is 0.467. The molecule has 5 nitrogen and oxygen atoms in total. The van der Waals surface area contributed by atoms with Crippen molar-refractivity contribution >= 4 is 17.5 Å². The van der Waals surface area contributed by atoms with Crippen LogP contribution in [0.1, 0.15) is 36.5 Å². The summed E-state index contributed by atoms with van der Waals surface area (Å²) in [6, 6.07) is 4.14. The third-order valence-corrected chi connectivity index (χ3v) is 3.71. The number of carbonyl (C=O) groups excluding carboxylic acids is 2. The van der Waals surface area contributed by atoms with Gasteiger partial charge in [-0.05, 0) is 31.0 Å². The summed E-state index contributed by atoms with van der Waals surface area (Å²) in [5.41, 5.74) is 5.86. The Morgan fingerprint density at radius 2 is 2.05 bits per heavy atom. The van der Waals surface area contributed by atoms with Crippen molar-refractivity contribution in [2.75, 3.05) is 18.8 Å². The zero-order valence-electron chi connectivity index (χ0n) is 12.1. The van der Waals surface area contributed by atoms with Crippen LogP contribution in [0, 0.1) is 5.82 Å². The van der Waals surface area contributed by atoms with Gasteiger partial charge in [0.2, 0.25) is 5.91 Å². The highest BCUT2D eigenvalue weighted by Crippen LogP contribution is 2.17. The van der Waals surface area contributed by atoms with Gasteiger partial charge in [0.15, 0.2) is 0 Å². The van der Waals surface area contributed by atoms with Crippen LogP contribution in [0.15, 0.2) is 18.2 Å². The Balaban J connectivity index is 1.93. The first kappa shape index (κ1) is 15.3. The molecular formula is C15H20FN3O2. The molecule has 0 aromatic heterocycles. The predicted octanol–water partition coefficient (Wildman–Crippen LogP) is 1.54. The normalized spacial score (nSPS) is 15.8. The molecule has 0 atom stereocenters. The van der Waals surface area contributed by atoms with E-state index in [2.05, 4.69) is 5.32 Å². The summed E-state index contributed by atoms with van der Waals surface area (Å²) in [6.45, 7) is 2.96. The van der Waals surface area contributed by atoms with Crippen LogP contribution in [0.5, 0.6) is 0 Å². The summed E-state index contributed by atoms with van der Waals surface area (Å²) < 4.78 is 13.1. The highest BCUT2D eigenvalue weighted by Gasteiger charge is 2.24. The first-order valence-corrected chi connectivity index (χ1v) is 7.15. The molecular weight excluding hydrogens is 273 g/mol. The number of hydrogen-bond acceptors (Lipinski definition) is 3. The summed E-state index contributed by atoms with van der Waals surface area (Å²) in [5.74, 6) is -0.638. The minimum absolute atomic E-state index is 0.0223. The Hall–Kier alpha value is -2.11. The Kier molecular flexibility index (Phi) is 4.77. The number of anilines is 1. The molecule has 0 bridgehead atoms. The van der Waals surface area contributed by atoms with Crippen LogP contribution in [0.2, 0.25) is 0 Å². The van der Waals surface area contributed by atoms with Gasteiger partial charge in [0.25, 0.3) is 5.91 Å². The molecule has 114 valence electrons. The number of nitrogen functional groups attached to an aromatic ring is 1. The second kappa shape index (κ2) is 6.56. The van der Waals surface area contributed by atoms with E-state index in [1.54, 1.807) is 4.90 Å². The highest BCUT2D eigenvalue weighted by molar-refractivity contribution is 5.95. The number of piperidine rings is 1. The molecule has 0 radical (unpaired) electrons. The van der Waals surface area contributed by atoms with Crippen molar-refractivity contribution in [3.8, 4) is 0 Å². The van der Waals surface area contributed by atoms with Gasteiger partial charge >= 0.3 is 0 Å². The molecule has 21 heavy (non-hydrogen) atoms. The lowest BCUT2D eigenvalue weighted by Crippen LogP contribution is -2.46. The summed E-state index contributed by atoms with van der Waals surface area (Å²) >= 11 is 0. The first-order chi connectivity index (χ1) is 10.0. The van der Waals surface area contributed by atoms with E-state index < -0.39 is 5.82 Å². The van der Waals surface area contributed by atoms with E-state index in [-0.39, 0.29) is 23.5 Å². The van der Waals surface area contributed by atoms with Crippen LogP contribution in [-0.2, 0) is 4.79 Å². The lowest BCUT2D eigenvalue weighted by molar-refractivity contribution is -0.121. The number of nitrogens with one attached hydrogen (secondary N) is 1. The van der Waals surface area contributed by atoms with Crippen LogP contribution in [-0.4, -0.2) is 35.8 Å². The topological polar surface area (TPSA) is 75.4 Å². The summed E-state index contributed by atoms with van der Waals surface area (Å²) in [6.07, 6.45) is 1.93. The van der Waals surface area contributed by atoms with Gasteiger partial charge in [-0.15, -0.1) is 0 Å². The number of likely N-dealkylation sites (tertiary alicyclic amines) is 1. The molecule has 1 fully saturated rings. The molecule has 1 heterocycles. The van der Waals surface area contributed by atoms with Crippen molar-refractivity contribution in [3.05, 3.63) is 29.6 Å². The number of nitrogens with zero attached hydrogens (tertiary/aromatic N) is 1. The molecule has 1 aliphatic heterocycles. The van der Waals surface area contributed by atoms with Gasteiger partial charge in [0.1, 0.15) is 5.82 Å². The minimum Gasteiger partial charge on any atom is -0.396 e.